The van der Waals surface area contributed by atoms with Crippen molar-refractivity contribution in [2.75, 3.05) is 26.3 Å². The van der Waals surface area contributed by atoms with E-state index in [0.717, 1.165) is 25.9 Å². The Morgan fingerprint density at radius 3 is 2.52 bits per heavy atom. The molecule has 0 spiro atoms. The summed E-state index contributed by atoms with van der Waals surface area (Å²) in [7, 11) is 0. The van der Waals surface area contributed by atoms with Crippen LogP contribution in [0.4, 0.5) is 4.39 Å². The van der Waals surface area contributed by atoms with Crippen molar-refractivity contribution in [2.45, 2.75) is 32.7 Å². The number of rotatable bonds is 4. The lowest BCUT2D eigenvalue weighted by atomic mass is 10.0. The van der Waals surface area contributed by atoms with E-state index < -0.39 is 11.5 Å². The van der Waals surface area contributed by atoms with Gasteiger partial charge in [-0.15, -0.1) is 0 Å². The maximum Gasteiger partial charge on any atom is 0.341 e. The highest BCUT2D eigenvalue weighted by Gasteiger charge is 2.22. The van der Waals surface area contributed by atoms with Crippen molar-refractivity contribution in [3.63, 3.8) is 0 Å². The molecule has 1 aromatic heterocycles. The van der Waals surface area contributed by atoms with Crippen LogP contribution >= 0.6 is 0 Å². The Kier molecular flexibility index (Phi) is 7.08. The molecular weight excluding hydrogens is 275 g/mol. The summed E-state index contributed by atoms with van der Waals surface area (Å²) >= 11 is 0. The van der Waals surface area contributed by atoms with Crippen molar-refractivity contribution < 1.29 is 14.3 Å². The summed E-state index contributed by atoms with van der Waals surface area (Å²) in [5.74, 6) is -1.20. The van der Waals surface area contributed by atoms with Gasteiger partial charge in [0.15, 0.2) is 0 Å². The van der Waals surface area contributed by atoms with Crippen LogP contribution in [0.1, 0.15) is 43.1 Å². The number of carboxylic acids is 1. The molecule has 1 saturated heterocycles. The standard InChI is InChI=1S/C13H17FN2O3.C2H6/c14-5-9-15-7-3-10(4-8-15)16-6-1-2-11(12(16)17)13(18)19;1-2/h1-2,6,10H,3-5,7-9H2,(H,18,19);1-2H3. The quantitative estimate of drug-likeness (QED) is 0.925. The van der Waals surface area contributed by atoms with E-state index in [0.29, 0.717) is 6.54 Å². The van der Waals surface area contributed by atoms with Crippen molar-refractivity contribution in [3.05, 3.63) is 34.2 Å². The molecule has 1 aliphatic rings. The van der Waals surface area contributed by atoms with Gasteiger partial charge in [0, 0.05) is 31.9 Å². The van der Waals surface area contributed by atoms with Gasteiger partial charge in [0.25, 0.3) is 5.56 Å². The Bertz CT molecular complexity index is 508. The number of likely N-dealkylation sites (tertiary alicyclic amines) is 1. The largest absolute Gasteiger partial charge is 0.477 e. The number of aromatic nitrogens is 1. The second kappa shape index (κ2) is 8.56. The van der Waals surface area contributed by atoms with Crippen LogP contribution in [0, 0.1) is 0 Å². The molecule has 118 valence electrons. The van der Waals surface area contributed by atoms with Gasteiger partial charge in [-0.05, 0) is 25.0 Å². The number of carboxylic acid groups (broad SMARTS) is 1. The van der Waals surface area contributed by atoms with E-state index in [-0.39, 0.29) is 18.3 Å². The molecule has 0 unspecified atom stereocenters. The molecule has 2 heterocycles. The second-order valence-electron chi connectivity index (χ2n) is 4.70. The van der Waals surface area contributed by atoms with E-state index >= 15 is 0 Å². The summed E-state index contributed by atoms with van der Waals surface area (Å²) in [6, 6.07) is 2.90. The van der Waals surface area contributed by atoms with Crippen molar-refractivity contribution >= 4 is 5.97 Å². The first-order valence-electron chi connectivity index (χ1n) is 7.36. The number of carbonyl (C=O) groups is 1. The molecule has 1 aliphatic heterocycles. The first-order valence-corrected chi connectivity index (χ1v) is 7.36. The molecule has 1 N–H and O–H groups in total. The smallest absolute Gasteiger partial charge is 0.341 e. The fourth-order valence-electron chi connectivity index (χ4n) is 2.50. The van der Waals surface area contributed by atoms with Gasteiger partial charge in [0.1, 0.15) is 12.2 Å². The molecule has 0 amide bonds. The van der Waals surface area contributed by atoms with Gasteiger partial charge < -0.3 is 14.6 Å². The number of hydrogen-bond acceptors (Lipinski definition) is 3. The highest BCUT2D eigenvalue weighted by Crippen LogP contribution is 2.20. The Morgan fingerprint density at radius 2 is 2.00 bits per heavy atom. The molecule has 5 nitrogen and oxygen atoms in total. The van der Waals surface area contributed by atoms with Crippen molar-refractivity contribution in [2.24, 2.45) is 0 Å². The normalized spacial score (nSPS) is 16.1. The van der Waals surface area contributed by atoms with Gasteiger partial charge in [0.05, 0.1) is 0 Å². The van der Waals surface area contributed by atoms with E-state index in [4.69, 9.17) is 5.11 Å². The lowest BCUT2D eigenvalue weighted by Gasteiger charge is -2.32. The van der Waals surface area contributed by atoms with Crippen LogP contribution in [0.3, 0.4) is 0 Å². The minimum atomic E-state index is -1.20. The second-order valence-corrected chi connectivity index (χ2v) is 4.70. The van der Waals surface area contributed by atoms with Crippen LogP contribution < -0.4 is 5.56 Å². The van der Waals surface area contributed by atoms with Crippen molar-refractivity contribution in [1.29, 1.82) is 0 Å². The molecule has 6 heteroatoms. The van der Waals surface area contributed by atoms with E-state index in [2.05, 4.69) is 0 Å². The molecule has 21 heavy (non-hydrogen) atoms. The third kappa shape index (κ3) is 4.39. The number of hydrogen-bond donors (Lipinski definition) is 1. The zero-order valence-corrected chi connectivity index (χ0v) is 12.6. The van der Waals surface area contributed by atoms with E-state index in [1.807, 2.05) is 18.7 Å². The van der Waals surface area contributed by atoms with E-state index in [1.165, 1.54) is 10.6 Å². The van der Waals surface area contributed by atoms with Gasteiger partial charge in [0.2, 0.25) is 0 Å². The van der Waals surface area contributed by atoms with Gasteiger partial charge in [-0.1, -0.05) is 13.8 Å². The highest BCUT2D eigenvalue weighted by molar-refractivity contribution is 5.86. The maximum atomic E-state index is 12.2. The molecule has 1 fully saturated rings. The summed E-state index contributed by atoms with van der Waals surface area (Å²) in [5.41, 5.74) is -0.660. The third-order valence-electron chi connectivity index (χ3n) is 3.56. The minimum absolute atomic E-state index is 0.00246. The van der Waals surface area contributed by atoms with Gasteiger partial charge in [-0.2, -0.15) is 0 Å². The summed E-state index contributed by atoms with van der Waals surface area (Å²) in [4.78, 5) is 25.0. The molecule has 2 rings (SSSR count). The molecule has 0 bridgehead atoms. The average Bonchev–Trinajstić information content (AvgIpc) is 2.50. The maximum absolute atomic E-state index is 12.2. The Balaban J connectivity index is 0.00000106. The monoisotopic (exact) mass is 298 g/mol. The molecule has 0 saturated carbocycles. The molecule has 0 atom stereocenters. The Hall–Kier alpha value is -1.69. The molecular formula is C15H23FN2O3. The van der Waals surface area contributed by atoms with Crippen LogP contribution in [0.2, 0.25) is 0 Å². The van der Waals surface area contributed by atoms with Crippen LogP contribution in [0.5, 0.6) is 0 Å². The molecule has 1 aromatic rings. The van der Waals surface area contributed by atoms with Crippen LogP contribution in [-0.4, -0.2) is 46.9 Å². The van der Waals surface area contributed by atoms with Crippen molar-refractivity contribution in [3.8, 4) is 0 Å². The summed E-state index contributed by atoms with van der Waals surface area (Å²) in [5, 5.41) is 8.94. The van der Waals surface area contributed by atoms with Gasteiger partial charge in [-0.25, -0.2) is 9.18 Å². The first-order chi connectivity index (χ1) is 10.1. The average molecular weight is 298 g/mol. The summed E-state index contributed by atoms with van der Waals surface area (Å²) < 4.78 is 13.7. The number of piperidine rings is 1. The van der Waals surface area contributed by atoms with Crippen LogP contribution in [-0.2, 0) is 0 Å². The number of nitrogens with zero attached hydrogens (tertiary/aromatic N) is 2. The Morgan fingerprint density at radius 1 is 1.38 bits per heavy atom. The lowest BCUT2D eigenvalue weighted by molar-refractivity contribution is 0.0693. The number of pyridine rings is 1. The molecule has 0 radical (unpaired) electrons. The first kappa shape index (κ1) is 17.4. The summed E-state index contributed by atoms with van der Waals surface area (Å²) in [6.45, 7) is 5.53. The fraction of sp³-hybridized carbons (Fsp3) is 0.600. The lowest BCUT2D eigenvalue weighted by Crippen LogP contribution is -2.39. The minimum Gasteiger partial charge on any atom is -0.477 e. The SMILES string of the molecule is CC.O=C(O)c1cccn(C2CCN(CCF)CC2)c1=O. The predicted octanol–water partition coefficient (Wildman–Crippen LogP) is 2.18. The zero-order valence-electron chi connectivity index (χ0n) is 12.6. The molecule has 0 aromatic carbocycles. The number of aromatic carboxylic acids is 1. The van der Waals surface area contributed by atoms with Crippen LogP contribution in [0.15, 0.2) is 23.1 Å². The third-order valence-corrected chi connectivity index (χ3v) is 3.56. The summed E-state index contributed by atoms with van der Waals surface area (Å²) in [6.07, 6.45) is 3.11. The fourth-order valence-corrected chi connectivity index (χ4v) is 2.50. The van der Waals surface area contributed by atoms with E-state index in [9.17, 15) is 14.0 Å². The molecule has 0 aliphatic carbocycles. The van der Waals surface area contributed by atoms with Crippen molar-refractivity contribution in [1.82, 2.24) is 9.47 Å². The number of halogens is 1. The number of alkyl halides is 1. The van der Waals surface area contributed by atoms with Gasteiger partial charge >= 0.3 is 5.97 Å². The van der Waals surface area contributed by atoms with Gasteiger partial charge in [-0.3, -0.25) is 4.79 Å². The predicted molar refractivity (Wildman–Crippen MR) is 79.7 cm³/mol. The van der Waals surface area contributed by atoms with E-state index in [1.54, 1.807) is 12.3 Å². The highest BCUT2D eigenvalue weighted by atomic mass is 19.1. The Labute approximate surface area is 124 Å². The topological polar surface area (TPSA) is 62.5 Å². The van der Waals surface area contributed by atoms with Crippen LogP contribution in [0.25, 0.3) is 0 Å². The zero-order chi connectivity index (χ0) is 15.8.